The molecule has 1 rings (SSSR count). The molecule has 0 aliphatic heterocycles. The van der Waals surface area contributed by atoms with Crippen LogP contribution in [0.15, 0.2) is 36.1 Å². The van der Waals surface area contributed by atoms with Crippen LogP contribution in [0.25, 0.3) is 6.08 Å². The molecule has 0 aliphatic rings. The molecule has 0 unspecified atom stereocenters. The van der Waals surface area contributed by atoms with Crippen LogP contribution in [0.1, 0.15) is 26.3 Å². The highest BCUT2D eigenvalue weighted by atomic mass is 16.3. The lowest BCUT2D eigenvalue weighted by molar-refractivity contribution is -0.320. The smallest absolute Gasteiger partial charge is 0.0266 e. The molecule has 1 aromatic carbocycles. The van der Waals surface area contributed by atoms with Gasteiger partial charge in [-0.25, -0.2) is 0 Å². The normalized spacial score (nSPS) is 13.0. The molecular weight excluding hydrogens is 160 g/mol. The Balaban J connectivity index is 2.90. The zero-order valence-corrected chi connectivity index (χ0v) is 8.37. The second-order valence-corrected chi connectivity index (χ2v) is 4.17. The summed E-state index contributed by atoms with van der Waals surface area (Å²) in [7, 11) is 0. The van der Waals surface area contributed by atoms with Gasteiger partial charge in [-0.15, -0.1) is 5.76 Å². The van der Waals surface area contributed by atoms with Gasteiger partial charge in [0.2, 0.25) is 0 Å². The number of hydrogen-bond acceptors (Lipinski definition) is 1. The third-order valence-corrected chi connectivity index (χ3v) is 1.84. The largest absolute Gasteiger partial charge is 0.875 e. The van der Waals surface area contributed by atoms with Crippen molar-refractivity contribution in [1.82, 2.24) is 0 Å². The molecule has 0 aromatic heterocycles. The molecule has 0 saturated heterocycles. The standard InChI is InChI=1S/C12H16O/c1-12(2,3)11(13)9-10-7-5-4-6-8-10/h4-9,13H,1-3H3/p-1/b11-9-. The van der Waals surface area contributed by atoms with Crippen molar-refractivity contribution in [2.24, 2.45) is 5.41 Å². The Morgan fingerprint density at radius 2 is 1.69 bits per heavy atom. The first-order valence-corrected chi connectivity index (χ1v) is 4.44. The van der Waals surface area contributed by atoms with Crippen molar-refractivity contribution < 1.29 is 5.11 Å². The van der Waals surface area contributed by atoms with E-state index in [1.807, 2.05) is 51.1 Å². The summed E-state index contributed by atoms with van der Waals surface area (Å²) in [6.07, 6.45) is 1.69. The summed E-state index contributed by atoms with van der Waals surface area (Å²) < 4.78 is 0. The molecule has 0 amide bonds. The van der Waals surface area contributed by atoms with Gasteiger partial charge in [0, 0.05) is 0 Å². The van der Waals surface area contributed by atoms with Gasteiger partial charge in [-0.3, -0.25) is 0 Å². The molecule has 0 heterocycles. The van der Waals surface area contributed by atoms with E-state index in [0.29, 0.717) is 0 Å². The fourth-order valence-corrected chi connectivity index (χ4v) is 0.917. The molecule has 0 fully saturated rings. The maximum absolute atomic E-state index is 11.6. The highest BCUT2D eigenvalue weighted by Gasteiger charge is 2.07. The number of benzene rings is 1. The number of allylic oxidation sites excluding steroid dienone is 1. The third-order valence-electron chi connectivity index (χ3n) is 1.84. The molecule has 13 heavy (non-hydrogen) atoms. The van der Waals surface area contributed by atoms with Crippen molar-refractivity contribution in [3.63, 3.8) is 0 Å². The van der Waals surface area contributed by atoms with Crippen LogP contribution in [-0.2, 0) is 0 Å². The summed E-state index contributed by atoms with van der Waals surface area (Å²) in [6.45, 7) is 5.78. The van der Waals surface area contributed by atoms with E-state index in [0.717, 1.165) is 5.56 Å². The molecule has 1 nitrogen and oxygen atoms in total. The third kappa shape index (κ3) is 2.94. The van der Waals surface area contributed by atoms with E-state index in [1.165, 1.54) is 0 Å². The minimum atomic E-state index is -0.282. The summed E-state index contributed by atoms with van der Waals surface area (Å²) in [5.74, 6) is 0.165. The average Bonchev–Trinajstić information content (AvgIpc) is 2.04. The molecule has 0 bridgehead atoms. The Hall–Kier alpha value is -1.24. The van der Waals surface area contributed by atoms with Crippen LogP contribution >= 0.6 is 0 Å². The van der Waals surface area contributed by atoms with E-state index < -0.39 is 0 Å². The number of hydrogen-bond donors (Lipinski definition) is 0. The second kappa shape index (κ2) is 3.65. The molecule has 1 aromatic rings. The second-order valence-electron chi connectivity index (χ2n) is 4.17. The average molecular weight is 175 g/mol. The maximum Gasteiger partial charge on any atom is -0.0266 e. The molecule has 0 aliphatic carbocycles. The van der Waals surface area contributed by atoms with E-state index in [1.54, 1.807) is 6.08 Å². The van der Waals surface area contributed by atoms with E-state index in [4.69, 9.17) is 0 Å². The lowest BCUT2D eigenvalue weighted by atomic mass is 9.92. The van der Waals surface area contributed by atoms with Crippen LogP contribution in [0, 0.1) is 5.41 Å². The Morgan fingerprint density at radius 1 is 1.15 bits per heavy atom. The Bertz CT molecular complexity index is 291. The lowest BCUT2D eigenvalue weighted by Crippen LogP contribution is -2.20. The quantitative estimate of drug-likeness (QED) is 0.601. The van der Waals surface area contributed by atoms with Gasteiger partial charge in [0.1, 0.15) is 0 Å². The van der Waals surface area contributed by atoms with Gasteiger partial charge < -0.3 is 5.11 Å². The fraction of sp³-hybridized carbons (Fsp3) is 0.333. The molecule has 0 spiro atoms. The van der Waals surface area contributed by atoms with E-state index in [-0.39, 0.29) is 11.2 Å². The first kappa shape index (κ1) is 9.85. The lowest BCUT2D eigenvalue weighted by Gasteiger charge is -2.28. The molecule has 0 radical (unpaired) electrons. The molecule has 0 atom stereocenters. The zero-order chi connectivity index (χ0) is 9.90. The molecule has 1 heteroatoms. The summed E-state index contributed by atoms with van der Waals surface area (Å²) in [4.78, 5) is 0. The number of rotatable bonds is 1. The van der Waals surface area contributed by atoms with Crippen molar-refractivity contribution in [1.29, 1.82) is 0 Å². The predicted octanol–water partition coefficient (Wildman–Crippen LogP) is 2.43. The van der Waals surface area contributed by atoms with Gasteiger partial charge in [0.05, 0.1) is 0 Å². The minimum absolute atomic E-state index is 0.165. The summed E-state index contributed by atoms with van der Waals surface area (Å²) in [5, 5.41) is 11.6. The van der Waals surface area contributed by atoms with Gasteiger partial charge in [0.25, 0.3) is 0 Å². The van der Waals surface area contributed by atoms with Gasteiger partial charge in [-0.1, -0.05) is 57.2 Å². The van der Waals surface area contributed by atoms with Crippen molar-refractivity contribution in [2.45, 2.75) is 20.8 Å². The van der Waals surface area contributed by atoms with Crippen molar-refractivity contribution in [3.8, 4) is 0 Å². The Kier molecular flexibility index (Phi) is 2.76. The van der Waals surface area contributed by atoms with Crippen LogP contribution in [0.3, 0.4) is 0 Å². The van der Waals surface area contributed by atoms with Crippen LogP contribution in [-0.4, -0.2) is 0 Å². The Labute approximate surface area is 79.7 Å². The van der Waals surface area contributed by atoms with Gasteiger partial charge >= 0.3 is 0 Å². The molecule has 0 N–H and O–H groups in total. The summed E-state index contributed by atoms with van der Waals surface area (Å²) in [5.41, 5.74) is 0.693. The predicted molar refractivity (Wildman–Crippen MR) is 53.9 cm³/mol. The topological polar surface area (TPSA) is 23.1 Å². The van der Waals surface area contributed by atoms with Gasteiger partial charge in [0.15, 0.2) is 0 Å². The molecule has 0 saturated carbocycles. The summed E-state index contributed by atoms with van der Waals surface area (Å²) >= 11 is 0. The summed E-state index contributed by atoms with van der Waals surface area (Å²) in [6, 6.07) is 9.68. The monoisotopic (exact) mass is 175 g/mol. The van der Waals surface area contributed by atoms with Crippen molar-refractivity contribution in [2.75, 3.05) is 0 Å². The highest BCUT2D eigenvalue weighted by molar-refractivity contribution is 5.51. The van der Waals surface area contributed by atoms with E-state index >= 15 is 0 Å². The molecule has 70 valence electrons. The van der Waals surface area contributed by atoms with Gasteiger partial charge in [-0.2, -0.15) is 0 Å². The van der Waals surface area contributed by atoms with Crippen LogP contribution in [0.2, 0.25) is 0 Å². The maximum atomic E-state index is 11.6. The van der Waals surface area contributed by atoms with E-state index in [2.05, 4.69) is 0 Å². The van der Waals surface area contributed by atoms with Crippen LogP contribution < -0.4 is 5.11 Å². The fourth-order valence-electron chi connectivity index (χ4n) is 0.917. The first-order chi connectivity index (χ1) is 6.00. The first-order valence-electron chi connectivity index (χ1n) is 4.44. The SMILES string of the molecule is CC(C)(C)/C([O-])=C/c1ccccc1. The Morgan fingerprint density at radius 3 is 2.15 bits per heavy atom. The van der Waals surface area contributed by atoms with Crippen molar-refractivity contribution in [3.05, 3.63) is 41.7 Å². The molecular formula is C12H15O-. The van der Waals surface area contributed by atoms with Crippen molar-refractivity contribution >= 4 is 6.08 Å². The van der Waals surface area contributed by atoms with Crippen LogP contribution in [0.4, 0.5) is 0 Å². The zero-order valence-electron chi connectivity index (χ0n) is 8.37. The van der Waals surface area contributed by atoms with E-state index in [9.17, 15) is 5.11 Å². The van der Waals surface area contributed by atoms with Crippen LogP contribution in [0.5, 0.6) is 0 Å². The van der Waals surface area contributed by atoms with Gasteiger partial charge in [-0.05, 0) is 11.0 Å². The minimum Gasteiger partial charge on any atom is -0.875 e. The highest BCUT2D eigenvalue weighted by Crippen LogP contribution is 2.22.